The highest BCUT2D eigenvalue weighted by atomic mass is 15.0. The molecule has 0 aliphatic heterocycles. The number of nitrogens with two attached hydrogens (primary N) is 1. The van der Waals surface area contributed by atoms with Gasteiger partial charge in [0.1, 0.15) is 0 Å². The first kappa shape index (κ1) is 22.0. The summed E-state index contributed by atoms with van der Waals surface area (Å²) < 4.78 is 0. The van der Waals surface area contributed by atoms with E-state index in [0.717, 1.165) is 5.69 Å². The van der Waals surface area contributed by atoms with Gasteiger partial charge in [0.25, 0.3) is 0 Å². The molecule has 2 fully saturated rings. The van der Waals surface area contributed by atoms with Gasteiger partial charge in [-0.05, 0) is 191 Å². The molecule has 0 aromatic heterocycles. The van der Waals surface area contributed by atoms with E-state index < -0.39 is 0 Å². The normalized spacial score (nSPS) is 33.8. The Hall–Kier alpha value is -4.88. The second-order valence-corrected chi connectivity index (χ2v) is 18.2. The molecule has 11 aromatic rings. The first-order chi connectivity index (χ1) is 24.2. The molecule has 0 saturated heterocycles. The summed E-state index contributed by atoms with van der Waals surface area (Å²) in [6.07, 6.45) is 5.36. The zero-order valence-electron chi connectivity index (χ0n) is 27.0. The maximum atomic E-state index is 6.45. The standard InChI is InChI=1S/C48H27N/c1-46(16-2-4-17(49)5-3-16)47-26-14-15-27-25-13-11-23-21-9-7-19-18-6-8-20-22-10-12-24(26)34-32(22)37-30(20)28(18)36-29(19)31(21)38-33(23)35(25)45(48(27,46)47)43-41(38)39(36)40(37)42(43)44(34)47/h2-10,12,23,25-27H,11,13-15,49H2,1H3. The van der Waals surface area contributed by atoms with Gasteiger partial charge < -0.3 is 5.73 Å². The van der Waals surface area contributed by atoms with E-state index in [4.69, 9.17) is 5.73 Å². The second-order valence-electron chi connectivity index (χ2n) is 18.2. The van der Waals surface area contributed by atoms with Crippen LogP contribution in [0.15, 0.2) is 60.7 Å². The van der Waals surface area contributed by atoms with Crippen LogP contribution in [0.2, 0.25) is 0 Å². The van der Waals surface area contributed by atoms with Gasteiger partial charge in [0.2, 0.25) is 0 Å². The summed E-state index contributed by atoms with van der Waals surface area (Å²) in [6.45, 7) is 2.76. The van der Waals surface area contributed by atoms with Crippen molar-refractivity contribution in [2.75, 3.05) is 5.73 Å². The Morgan fingerprint density at radius 1 is 0.490 bits per heavy atom. The smallest absolute Gasteiger partial charge is 0.0314 e. The average molecular weight is 618 g/mol. The summed E-state index contributed by atoms with van der Waals surface area (Å²) in [5.41, 5.74) is 19.9. The van der Waals surface area contributed by atoms with Crippen LogP contribution in [0.4, 0.5) is 5.69 Å². The fourth-order valence-corrected chi connectivity index (χ4v) is 17.6. The molecule has 224 valence electrons. The lowest BCUT2D eigenvalue weighted by Crippen LogP contribution is -2.36. The molecule has 2 spiro atoms. The lowest BCUT2D eigenvalue weighted by atomic mass is 9.61. The Bertz CT molecular complexity index is 3550. The van der Waals surface area contributed by atoms with E-state index in [2.05, 4.69) is 67.6 Å². The monoisotopic (exact) mass is 617 g/mol. The van der Waals surface area contributed by atoms with Gasteiger partial charge in [-0.15, -0.1) is 0 Å². The number of hydrogen-bond acceptors (Lipinski definition) is 1. The van der Waals surface area contributed by atoms with Crippen LogP contribution in [0.3, 0.4) is 0 Å². The van der Waals surface area contributed by atoms with Gasteiger partial charge in [-0.1, -0.05) is 55.5 Å². The summed E-state index contributed by atoms with van der Waals surface area (Å²) in [7, 11) is 0. The van der Waals surface area contributed by atoms with Crippen molar-refractivity contribution in [1.29, 1.82) is 0 Å². The van der Waals surface area contributed by atoms with Crippen molar-refractivity contribution in [3.8, 4) is 0 Å². The molecular formula is C48H27N. The summed E-state index contributed by atoms with van der Waals surface area (Å²) in [4.78, 5) is 0. The highest BCUT2D eigenvalue weighted by Crippen LogP contribution is 2.96. The van der Waals surface area contributed by atoms with Gasteiger partial charge in [-0.2, -0.15) is 0 Å². The molecule has 18 rings (SSSR count). The average Bonchev–Trinajstić information content (AvgIpc) is 3.79. The molecule has 1 nitrogen and oxygen atoms in total. The SMILES string of the molecule is CC1(c2ccc(N)cc2)C23c4c5c6ccc7c8ccc9c%10ccc%11c%12c%13c%14c%15c(c%16c4c4c(c57)c8c9c(c%10%12)c4c%13%16)C12C(CCC63)C%15CCC%11%14. The summed E-state index contributed by atoms with van der Waals surface area (Å²) >= 11 is 0. The molecule has 49 heavy (non-hydrogen) atoms. The van der Waals surface area contributed by atoms with E-state index >= 15 is 0 Å². The topological polar surface area (TPSA) is 26.0 Å². The Labute approximate surface area is 279 Å². The second kappa shape index (κ2) is 5.58. The van der Waals surface area contributed by atoms with Crippen molar-refractivity contribution in [2.45, 2.75) is 66.6 Å². The third kappa shape index (κ3) is 1.44. The lowest BCUT2D eigenvalue weighted by molar-refractivity contribution is 0.224. The van der Waals surface area contributed by atoms with Crippen molar-refractivity contribution >= 4 is 103 Å². The quantitative estimate of drug-likeness (QED) is 0.144. The molecular weight excluding hydrogens is 591 g/mol. The number of fused-ring (bicyclic) bond motifs is 5. The number of hydrogen-bond donors (Lipinski definition) is 1. The molecule has 2 saturated carbocycles. The van der Waals surface area contributed by atoms with Gasteiger partial charge in [-0.3, -0.25) is 0 Å². The van der Waals surface area contributed by atoms with Crippen LogP contribution in [0.5, 0.6) is 0 Å². The predicted molar refractivity (Wildman–Crippen MR) is 202 cm³/mol. The van der Waals surface area contributed by atoms with Crippen LogP contribution >= 0.6 is 0 Å². The van der Waals surface area contributed by atoms with Crippen molar-refractivity contribution in [1.82, 2.24) is 0 Å². The van der Waals surface area contributed by atoms with Crippen LogP contribution in [0, 0.1) is 5.92 Å². The number of nitrogen functional groups attached to an aromatic ring is 1. The van der Waals surface area contributed by atoms with E-state index in [1.165, 1.54) is 47.2 Å². The van der Waals surface area contributed by atoms with Crippen molar-refractivity contribution in [2.24, 2.45) is 5.92 Å². The first-order valence-corrected chi connectivity index (χ1v) is 19.0. The van der Waals surface area contributed by atoms with Crippen molar-refractivity contribution < 1.29 is 0 Å². The summed E-state index contributed by atoms with van der Waals surface area (Å²) in [5, 5.41) is 29.2. The molecule has 1 heteroatoms. The van der Waals surface area contributed by atoms with Gasteiger partial charge in [0, 0.05) is 27.9 Å². The van der Waals surface area contributed by atoms with Gasteiger partial charge >= 0.3 is 0 Å². The minimum absolute atomic E-state index is 0.0362. The van der Waals surface area contributed by atoms with Crippen molar-refractivity contribution in [3.05, 3.63) is 99.6 Å². The fourth-order valence-electron chi connectivity index (χ4n) is 17.6. The molecule has 7 aliphatic carbocycles. The van der Waals surface area contributed by atoms with E-state index in [-0.39, 0.29) is 16.2 Å². The molecule has 7 unspecified atom stereocenters. The van der Waals surface area contributed by atoms with Gasteiger partial charge in [0.05, 0.1) is 0 Å². The van der Waals surface area contributed by atoms with Crippen LogP contribution in [-0.4, -0.2) is 0 Å². The zero-order chi connectivity index (χ0) is 30.7. The Morgan fingerprint density at radius 3 is 1.88 bits per heavy atom. The maximum Gasteiger partial charge on any atom is 0.0314 e. The Morgan fingerprint density at radius 2 is 1.10 bits per heavy atom. The lowest BCUT2D eigenvalue weighted by Gasteiger charge is -2.40. The van der Waals surface area contributed by atoms with Crippen molar-refractivity contribution in [3.63, 3.8) is 0 Å². The Balaban J connectivity index is 1.28. The largest absolute Gasteiger partial charge is 0.399 e. The van der Waals surface area contributed by atoms with Gasteiger partial charge in [-0.25, -0.2) is 0 Å². The minimum Gasteiger partial charge on any atom is -0.399 e. The maximum absolute atomic E-state index is 6.45. The van der Waals surface area contributed by atoms with E-state index in [1.807, 2.05) is 11.1 Å². The Kier molecular flexibility index (Phi) is 2.50. The molecule has 0 bridgehead atoms. The molecule has 2 N–H and O–H groups in total. The summed E-state index contributed by atoms with van der Waals surface area (Å²) in [6, 6.07) is 24.7. The number of rotatable bonds is 1. The van der Waals surface area contributed by atoms with Crippen LogP contribution in [0.25, 0.3) is 97.0 Å². The molecule has 11 aromatic carbocycles. The molecule has 7 aliphatic rings. The fraction of sp³-hybridized carbons (Fsp3) is 0.250. The zero-order valence-corrected chi connectivity index (χ0v) is 27.0. The molecule has 7 atom stereocenters. The highest BCUT2D eigenvalue weighted by molar-refractivity contribution is 6.61. The molecule has 0 heterocycles. The van der Waals surface area contributed by atoms with Crippen LogP contribution in [-0.2, 0) is 16.2 Å². The number of benzene rings is 8. The highest BCUT2D eigenvalue weighted by Gasteiger charge is 2.95. The predicted octanol–water partition coefficient (Wildman–Crippen LogP) is 11.6. The first-order valence-electron chi connectivity index (χ1n) is 19.0. The van der Waals surface area contributed by atoms with Gasteiger partial charge in [0.15, 0.2) is 0 Å². The van der Waals surface area contributed by atoms with Crippen LogP contribution in [0.1, 0.15) is 89.3 Å². The minimum atomic E-state index is 0.0362. The molecule has 0 amide bonds. The number of anilines is 1. The summed E-state index contributed by atoms with van der Waals surface area (Å²) in [5.74, 6) is 2.53. The van der Waals surface area contributed by atoms with E-state index in [0.29, 0.717) is 23.7 Å². The van der Waals surface area contributed by atoms with E-state index in [9.17, 15) is 0 Å². The van der Waals surface area contributed by atoms with E-state index in [1.54, 1.807) is 103 Å². The van der Waals surface area contributed by atoms with Crippen LogP contribution < -0.4 is 5.73 Å². The third-order valence-corrected chi connectivity index (χ3v) is 18.1. The third-order valence-electron chi connectivity index (χ3n) is 18.1. The molecule has 0 radical (unpaired) electrons.